The number of benzene rings is 2. The van der Waals surface area contributed by atoms with Gasteiger partial charge < -0.3 is 25.6 Å². The Bertz CT molecular complexity index is 929. The molecule has 0 fully saturated rings. The number of aliphatic hydroxyl groups is 1. The number of carbonyl (C=O) groups is 3. The minimum Gasteiger partial charge on any atom is -0.479 e. The van der Waals surface area contributed by atoms with Gasteiger partial charge in [-0.3, -0.25) is 4.79 Å². The molecule has 0 aliphatic heterocycles. The molecule has 0 aromatic heterocycles. The van der Waals surface area contributed by atoms with Crippen molar-refractivity contribution in [3.05, 3.63) is 59.7 Å². The third-order valence-corrected chi connectivity index (χ3v) is 5.32. The van der Waals surface area contributed by atoms with Crippen molar-refractivity contribution >= 4 is 18.0 Å². The minimum atomic E-state index is -1.72. The molecule has 0 bridgehead atoms. The van der Waals surface area contributed by atoms with Crippen molar-refractivity contribution in [3.8, 4) is 11.1 Å². The lowest BCUT2D eigenvalue weighted by Gasteiger charge is -2.22. The minimum absolute atomic E-state index is 0.102. The summed E-state index contributed by atoms with van der Waals surface area (Å²) in [5, 5.41) is 22.9. The Morgan fingerprint density at radius 3 is 2.06 bits per heavy atom. The SMILES string of the molecule is CC(C)C(NC(=O)OCC1c2ccccc2-c2ccccc21)C(=O)NCC(O)C(=O)O. The lowest BCUT2D eigenvalue weighted by Crippen LogP contribution is -2.51. The number of fused-ring (bicyclic) bond motifs is 3. The van der Waals surface area contributed by atoms with Crippen LogP contribution < -0.4 is 10.6 Å². The Balaban J connectivity index is 1.62. The maximum absolute atomic E-state index is 12.4. The van der Waals surface area contributed by atoms with E-state index in [1.807, 2.05) is 48.5 Å². The van der Waals surface area contributed by atoms with Crippen LogP contribution in [0.3, 0.4) is 0 Å². The molecule has 3 rings (SSSR count). The fourth-order valence-electron chi connectivity index (χ4n) is 3.70. The number of nitrogens with one attached hydrogen (secondary N) is 2. The summed E-state index contributed by atoms with van der Waals surface area (Å²) in [5.41, 5.74) is 4.39. The highest BCUT2D eigenvalue weighted by Crippen LogP contribution is 2.44. The molecule has 8 heteroatoms. The zero-order valence-electron chi connectivity index (χ0n) is 17.4. The van der Waals surface area contributed by atoms with Gasteiger partial charge in [-0.25, -0.2) is 9.59 Å². The van der Waals surface area contributed by atoms with Crippen LogP contribution in [0.1, 0.15) is 30.9 Å². The number of hydrogen-bond acceptors (Lipinski definition) is 5. The molecule has 0 spiro atoms. The van der Waals surface area contributed by atoms with E-state index in [1.54, 1.807) is 13.8 Å². The van der Waals surface area contributed by atoms with Crippen LogP contribution in [0, 0.1) is 5.92 Å². The Morgan fingerprint density at radius 2 is 1.55 bits per heavy atom. The summed E-state index contributed by atoms with van der Waals surface area (Å²) in [5.74, 6) is -2.41. The Morgan fingerprint density at radius 1 is 1.00 bits per heavy atom. The molecule has 2 aromatic carbocycles. The van der Waals surface area contributed by atoms with E-state index in [0.717, 1.165) is 22.3 Å². The summed E-state index contributed by atoms with van der Waals surface area (Å²) in [6, 6.07) is 15.0. The van der Waals surface area contributed by atoms with Gasteiger partial charge in [-0.2, -0.15) is 0 Å². The standard InChI is InChI=1S/C23H26N2O6/c1-13(2)20(21(27)24-11-19(26)22(28)29)25-23(30)31-12-18-16-9-5-3-7-14(16)15-8-4-6-10-17(15)18/h3-10,13,18-20,26H,11-12H2,1-2H3,(H,24,27)(H,25,30)(H,28,29). The van der Waals surface area contributed by atoms with Gasteiger partial charge in [0.05, 0.1) is 6.54 Å². The topological polar surface area (TPSA) is 125 Å². The van der Waals surface area contributed by atoms with E-state index in [4.69, 9.17) is 9.84 Å². The van der Waals surface area contributed by atoms with E-state index in [-0.39, 0.29) is 18.4 Å². The van der Waals surface area contributed by atoms with Gasteiger partial charge in [0, 0.05) is 5.92 Å². The third kappa shape index (κ3) is 5.03. The van der Waals surface area contributed by atoms with Crippen molar-refractivity contribution in [1.82, 2.24) is 10.6 Å². The molecule has 2 amide bonds. The molecule has 0 saturated carbocycles. The van der Waals surface area contributed by atoms with Crippen LogP contribution in [-0.2, 0) is 14.3 Å². The monoisotopic (exact) mass is 426 g/mol. The zero-order chi connectivity index (χ0) is 22.5. The van der Waals surface area contributed by atoms with Gasteiger partial charge in [0.15, 0.2) is 6.10 Å². The van der Waals surface area contributed by atoms with Gasteiger partial charge in [-0.15, -0.1) is 0 Å². The number of carboxylic acids is 1. The van der Waals surface area contributed by atoms with Gasteiger partial charge >= 0.3 is 12.1 Å². The molecule has 2 aromatic rings. The van der Waals surface area contributed by atoms with Crippen LogP contribution in [0.15, 0.2) is 48.5 Å². The first-order chi connectivity index (χ1) is 14.8. The number of carboxylic acid groups (broad SMARTS) is 1. The normalized spacial score (nSPS) is 14.3. The van der Waals surface area contributed by atoms with Crippen LogP contribution in [0.25, 0.3) is 11.1 Å². The second-order valence-electron chi connectivity index (χ2n) is 7.79. The molecule has 4 N–H and O–H groups in total. The average Bonchev–Trinajstić information content (AvgIpc) is 3.07. The summed E-state index contributed by atoms with van der Waals surface area (Å²) in [4.78, 5) is 35.5. The van der Waals surface area contributed by atoms with E-state index in [1.165, 1.54) is 0 Å². The molecule has 0 heterocycles. The largest absolute Gasteiger partial charge is 0.479 e. The first-order valence-corrected chi connectivity index (χ1v) is 10.1. The zero-order valence-corrected chi connectivity index (χ0v) is 17.4. The first kappa shape index (κ1) is 22.3. The molecular weight excluding hydrogens is 400 g/mol. The lowest BCUT2D eigenvalue weighted by atomic mass is 9.98. The van der Waals surface area contributed by atoms with E-state index in [2.05, 4.69) is 10.6 Å². The summed E-state index contributed by atoms with van der Waals surface area (Å²) in [7, 11) is 0. The van der Waals surface area contributed by atoms with E-state index >= 15 is 0 Å². The van der Waals surface area contributed by atoms with Crippen LogP contribution in [0.5, 0.6) is 0 Å². The van der Waals surface area contributed by atoms with Gasteiger partial charge in [0.2, 0.25) is 5.91 Å². The lowest BCUT2D eigenvalue weighted by molar-refractivity contribution is -0.146. The highest BCUT2D eigenvalue weighted by atomic mass is 16.5. The van der Waals surface area contributed by atoms with Crippen molar-refractivity contribution < 1.29 is 29.3 Å². The third-order valence-electron chi connectivity index (χ3n) is 5.32. The fourth-order valence-corrected chi connectivity index (χ4v) is 3.70. The smallest absolute Gasteiger partial charge is 0.407 e. The number of hydrogen-bond donors (Lipinski definition) is 4. The highest BCUT2D eigenvalue weighted by Gasteiger charge is 2.30. The number of amides is 2. The molecule has 2 atom stereocenters. The quantitative estimate of drug-likeness (QED) is 0.512. The van der Waals surface area contributed by atoms with Crippen LogP contribution in [-0.4, -0.2) is 53.5 Å². The van der Waals surface area contributed by atoms with E-state index in [9.17, 15) is 19.5 Å². The maximum Gasteiger partial charge on any atom is 0.407 e. The molecule has 8 nitrogen and oxygen atoms in total. The number of aliphatic hydroxyl groups excluding tert-OH is 1. The number of rotatable bonds is 8. The van der Waals surface area contributed by atoms with Crippen molar-refractivity contribution in [2.24, 2.45) is 5.92 Å². The van der Waals surface area contributed by atoms with Crippen LogP contribution in [0.4, 0.5) is 4.79 Å². The maximum atomic E-state index is 12.4. The average molecular weight is 426 g/mol. The molecule has 2 unspecified atom stereocenters. The summed E-state index contributed by atoms with van der Waals surface area (Å²) in [6.45, 7) is 3.14. The summed E-state index contributed by atoms with van der Waals surface area (Å²) in [6.07, 6.45) is -2.46. The molecule has 1 aliphatic rings. The summed E-state index contributed by atoms with van der Waals surface area (Å²) >= 11 is 0. The molecule has 31 heavy (non-hydrogen) atoms. The van der Waals surface area contributed by atoms with Crippen molar-refractivity contribution in [2.45, 2.75) is 31.9 Å². The second kappa shape index (κ2) is 9.61. The van der Waals surface area contributed by atoms with E-state index < -0.39 is 36.7 Å². The van der Waals surface area contributed by atoms with Crippen LogP contribution in [0.2, 0.25) is 0 Å². The summed E-state index contributed by atoms with van der Waals surface area (Å²) < 4.78 is 5.46. The molecule has 0 saturated heterocycles. The van der Waals surface area contributed by atoms with Gasteiger partial charge in [-0.05, 0) is 28.2 Å². The van der Waals surface area contributed by atoms with Gasteiger partial charge in [-0.1, -0.05) is 62.4 Å². The number of alkyl carbamates (subject to hydrolysis) is 1. The molecular formula is C23H26N2O6. The highest BCUT2D eigenvalue weighted by molar-refractivity contribution is 5.86. The van der Waals surface area contributed by atoms with Crippen molar-refractivity contribution in [2.75, 3.05) is 13.2 Å². The molecule has 0 radical (unpaired) electrons. The predicted molar refractivity (Wildman–Crippen MR) is 113 cm³/mol. The van der Waals surface area contributed by atoms with Crippen LogP contribution >= 0.6 is 0 Å². The van der Waals surface area contributed by atoms with Gasteiger partial charge in [0.1, 0.15) is 12.6 Å². The molecule has 1 aliphatic carbocycles. The Kier molecular flexibility index (Phi) is 6.91. The Hall–Kier alpha value is -3.39. The number of ether oxygens (including phenoxy) is 1. The number of carbonyl (C=O) groups excluding carboxylic acids is 2. The van der Waals surface area contributed by atoms with E-state index in [0.29, 0.717) is 0 Å². The molecule has 164 valence electrons. The number of aliphatic carboxylic acids is 1. The van der Waals surface area contributed by atoms with Gasteiger partial charge in [0.25, 0.3) is 0 Å². The first-order valence-electron chi connectivity index (χ1n) is 10.1. The van der Waals surface area contributed by atoms with Crippen molar-refractivity contribution in [3.63, 3.8) is 0 Å². The Labute approximate surface area is 180 Å². The fraction of sp³-hybridized carbons (Fsp3) is 0.348. The predicted octanol–water partition coefficient (Wildman–Crippen LogP) is 2.11. The van der Waals surface area contributed by atoms with Crippen molar-refractivity contribution in [1.29, 1.82) is 0 Å². The second-order valence-corrected chi connectivity index (χ2v) is 7.79.